The Morgan fingerprint density at radius 2 is 1.88 bits per heavy atom. The van der Waals surface area contributed by atoms with Crippen LogP contribution in [0.1, 0.15) is 46.5 Å². The van der Waals surface area contributed by atoms with E-state index in [1.165, 1.54) is 4.90 Å². The van der Waals surface area contributed by atoms with Crippen molar-refractivity contribution in [3.8, 4) is 22.8 Å². The molecular formula is C31H31N3O6. The van der Waals surface area contributed by atoms with Gasteiger partial charge in [-0.3, -0.25) is 9.59 Å². The van der Waals surface area contributed by atoms with E-state index in [0.29, 0.717) is 41.9 Å². The topological polar surface area (TPSA) is 106 Å². The van der Waals surface area contributed by atoms with E-state index in [1.807, 2.05) is 61.5 Å². The third-order valence-electron chi connectivity index (χ3n) is 7.17. The highest BCUT2D eigenvalue weighted by Crippen LogP contribution is 2.34. The fourth-order valence-corrected chi connectivity index (χ4v) is 5.12. The van der Waals surface area contributed by atoms with Crippen LogP contribution in [0.15, 0.2) is 77.2 Å². The average molecular weight is 542 g/mol. The predicted octanol–water partition coefficient (Wildman–Crippen LogP) is 4.99. The summed E-state index contributed by atoms with van der Waals surface area (Å²) < 4.78 is 22.7. The van der Waals surface area contributed by atoms with Crippen LogP contribution in [-0.4, -0.2) is 47.7 Å². The highest BCUT2D eigenvalue weighted by Gasteiger charge is 2.36. The molecule has 2 aromatic heterocycles. The predicted molar refractivity (Wildman–Crippen MR) is 147 cm³/mol. The Hall–Kier alpha value is -4.50. The van der Waals surface area contributed by atoms with Crippen LogP contribution in [-0.2, 0) is 16.1 Å². The summed E-state index contributed by atoms with van der Waals surface area (Å²) in [6.45, 7) is 3.14. The van der Waals surface area contributed by atoms with Crippen LogP contribution in [0.4, 0.5) is 0 Å². The van der Waals surface area contributed by atoms with Crippen LogP contribution in [0.25, 0.3) is 11.3 Å². The number of aryl methyl sites for hydroxylation is 1. The first-order chi connectivity index (χ1) is 19.5. The number of fused-ring (bicyclic) bond motifs is 1. The zero-order chi connectivity index (χ0) is 27.5. The first-order valence-corrected chi connectivity index (χ1v) is 13.4. The maximum Gasteiger partial charge on any atom is 0.271 e. The van der Waals surface area contributed by atoms with Crippen molar-refractivity contribution in [2.45, 2.75) is 38.5 Å². The van der Waals surface area contributed by atoms with E-state index in [2.05, 4.69) is 10.3 Å². The van der Waals surface area contributed by atoms with E-state index < -0.39 is 6.04 Å². The maximum absolute atomic E-state index is 14.2. The van der Waals surface area contributed by atoms with Gasteiger partial charge >= 0.3 is 0 Å². The number of hydrogen-bond donors (Lipinski definition) is 2. The average Bonchev–Trinajstić information content (AvgIpc) is 3.79. The molecule has 0 aliphatic carbocycles. The van der Waals surface area contributed by atoms with E-state index >= 15 is 0 Å². The lowest BCUT2D eigenvalue weighted by molar-refractivity contribution is -0.127. The van der Waals surface area contributed by atoms with Gasteiger partial charge < -0.3 is 33.8 Å². The summed E-state index contributed by atoms with van der Waals surface area (Å²) in [5, 5.41) is 3.01. The number of ether oxygens (including phenoxy) is 3. The first-order valence-electron chi connectivity index (χ1n) is 13.4. The second-order valence-corrected chi connectivity index (χ2v) is 10.0. The fourth-order valence-electron chi connectivity index (χ4n) is 5.12. The van der Waals surface area contributed by atoms with Crippen molar-refractivity contribution in [2.24, 2.45) is 0 Å². The molecule has 40 heavy (non-hydrogen) atoms. The Morgan fingerprint density at radius 3 is 2.65 bits per heavy atom. The van der Waals surface area contributed by atoms with Crippen LogP contribution in [0.5, 0.6) is 11.5 Å². The van der Waals surface area contributed by atoms with Crippen molar-refractivity contribution in [3.05, 3.63) is 95.6 Å². The number of rotatable bonds is 9. The first kappa shape index (κ1) is 25.8. The molecule has 9 nitrogen and oxygen atoms in total. The van der Waals surface area contributed by atoms with Gasteiger partial charge in [-0.15, -0.1) is 0 Å². The van der Waals surface area contributed by atoms with Gasteiger partial charge in [-0.05, 0) is 67.3 Å². The molecule has 0 spiro atoms. The number of benzene rings is 2. The Bertz CT molecular complexity index is 1490. The number of carbonyl (C=O) groups is 2. The number of nitrogens with one attached hydrogen (secondary N) is 2. The molecule has 206 valence electrons. The minimum atomic E-state index is -1.02. The molecule has 2 amide bonds. The van der Waals surface area contributed by atoms with Crippen LogP contribution in [0.3, 0.4) is 0 Å². The SMILES string of the molecule is Cc1ccc([C@@H](C(=O)NC[C@H]2CCCO2)N(Cc2ccc3c(c2)OCO3)C(=O)c2ccc(-c3ccccc3)[nH]2)o1. The van der Waals surface area contributed by atoms with Crippen LogP contribution in [0.2, 0.25) is 0 Å². The molecule has 6 rings (SSSR count). The van der Waals surface area contributed by atoms with E-state index in [1.54, 1.807) is 18.2 Å². The summed E-state index contributed by atoms with van der Waals surface area (Å²) in [6, 6.07) is 21.4. The minimum Gasteiger partial charge on any atom is -0.464 e. The zero-order valence-corrected chi connectivity index (χ0v) is 22.2. The third-order valence-corrected chi connectivity index (χ3v) is 7.17. The van der Waals surface area contributed by atoms with Crippen LogP contribution < -0.4 is 14.8 Å². The molecule has 9 heteroatoms. The minimum absolute atomic E-state index is 0.0437. The quantitative estimate of drug-likeness (QED) is 0.309. The summed E-state index contributed by atoms with van der Waals surface area (Å²) >= 11 is 0. The Kier molecular flexibility index (Phi) is 7.29. The zero-order valence-electron chi connectivity index (χ0n) is 22.2. The monoisotopic (exact) mass is 541 g/mol. The van der Waals surface area contributed by atoms with Crippen molar-refractivity contribution in [3.63, 3.8) is 0 Å². The van der Waals surface area contributed by atoms with Gasteiger partial charge in [0.25, 0.3) is 11.8 Å². The summed E-state index contributed by atoms with van der Waals surface area (Å²) in [4.78, 5) is 32.8. The molecule has 2 N–H and O–H groups in total. The number of amides is 2. The van der Waals surface area contributed by atoms with Gasteiger partial charge in [-0.1, -0.05) is 36.4 Å². The molecule has 4 heterocycles. The Morgan fingerprint density at radius 1 is 1.02 bits per heavy atom. The second kappa shape index (κ2) is 11.3. The molecule has 0 saturated carbocycles. The van der Waals surface area contributed by atoms with Gasteiger partial charge in [0.05, 0.1) is 6.10 Å². The number of furan rings is 1. The molecule has 0 bridgehead atoms. The highest BCUT2D eigenvalue weighted by atomic mass is 16.7. The van der Waals surface area contributed by atoms with Crippen molar-refractivity contribution < 1.29 is 28.2 Å². The van der Waals surface area contributed by atoms with Gasteiger partial charge in [0.15, 0.2) is 17.5 Å². The highest BCUT2D eigenvalue weighted by molar-refractivity contribution is 5.97. The van der Waals surface area contributed by atoms with Gasteiger partial charge in [0.1, 0.15) is 17.2 Å². The third kappa shape index (κ3) is 5.46. The summed E-state index contributed by atoms with van der Waals surface area (Å²) in [6.07, 6.45) is 1.81. The van der Waals surface area contributed by atoms with Gasteiger partial charge in [0.2, 0.25) is 6.79 Å². The van der Waals surface area contributed by atoms with Gasteiger partial charge in [0, 0.05) is 25.4 Å². The standard InChI is InChI=1S/C31H31N3O6/c1-20-9-13-27(40-20)29(30(35)32-17-23-8-5-15-37-23)34(18-21-10-14-26-28(16-21)39-19-38-26)31(36)25-12-11-24(33-25)22-6-3-2-4-7-22/h2-4,6-7,9-14,16,23,29,33H,5,8,15,17-19H2,1H3,(H,32,35)/t23-,29+/m1/s1. The lowest BCUT2D eigenvalue weighted by Gasteiger charge is -2.30. The maximum atomic E-state index is 14.2. The number of nitrogens with zero attached hydrogens (tertiary/aromatic N) is 1. The molecule has 4 aromatic rings. The number of hydrogen-bond acceptors (Lipinski definition) is 6. The molecule has 1 saturated heterocycles. The van der Waals surface area contributed by atoms with E-state index in [9.17, 15) is 9.59 Å². The molecule has 2 aliphatic heterocycles. The molecule has 0 unspecified atom stereocenters. The smallest absolute Gasteiger partial charge is 0.271 e. The molecular weight excluding hydrogens is 510 g/mol. The Balaban J connectivity index is 1.35. The molecule has 2 aromatic carbocycles. The van der Waals surface area contributed by atoms with Crippen LogP contribution >= 0.6 is 0 Å². The van der Waals surface area contributed by atoms with Crippen LogP contribution in [0, 0.1) is 6.92 Å². The molecule has 2 aliphatic rings. The molecule has 1 fully saturated rings. The van der Waals surface area contributed by atoms with Crippen molar-refractivity contribution in [1.29, 1.82) is 0 Å². The fraction of sp³-hybridized carbons (Fsp3) is 0.290. The van der Waals surface area contributed by atoms with Gasteiger partial charge in [-0.2, -0.15) is 0 Å². The molecule has 0 radical (unpaired) electrons. The van der Waals surface area contributed by atoms with Crippen molar-refractivity contribution in [2.75, 3.05) is 19.9 Å². The summed E-state index contributed by atoms with van der Waals surface area (Å²) in [5.41, 5.74) is 2.91. The normalized spacial score (nSPS) is 16.6. The largest absolute Gasteiger partial charge is 0.464 e. The Labute approximate surface area is 232 Å². The molecule has 2 atom stereocenters. The number of aromatic nitrogens is 1. The van der Waals surface area contributed by atoms with Gasteiger partial charge in [-0.25, -0.2) is 0 Å². The number of H-pyrrole nitrogens is 1. The number of carbonyl (C=O) groups excluding carboxylic acids is 2. The van der Waals surface area contributed by atoms with E-state index in [-0.39, 0.29) is 31.3 Å². The lowest BCUT2D eigenvalue weighted by atomic mass is 10.1. The summed E-state index contributed by atoms with van der Waals surface area (Å²) in [7, 11) is 0. The number of aromatic amines is 1. The van der Waals surface area contributed by atoms with E-state index in [0.717, 1.165) is 29.7 Å². The second-order valence-electron chi connectivity index (χ2n) is 10.0. The summed E-state index contributed by atoms with van der Waals surface area (Å²) in [5.74, 6) is 1.59. The van der Waals surface area contributed by atoms with Crippen molar-refractivity contribution in [1.82, 2.24) is 15.2 Å². The van der Waals surface area contributed by atoms with E-state index in [4.69, 9.17) is 18.6 Å². The van der Waals surface area contributed by atoms with Crippen molar-refractivity contribution >= 4 is 11.8 Å². The lowest BCUT2D eigenvalue weighted by Crippen LogP contribution is -2.45.